The monoisotopic (exact) mass is 387 g/mol. The summed E-state index contributed by atoms with van der Waals surface area (Å²) >= 11 is 0. The maximum atomic E-state index is 12.6. The highest BCUT2D eigenvalue weighted by atomic mass is 16.6. The van der Waals surface area contributed by atoms with E-state index in [4.69, 9.17) is 10.6 Å². The lowest BCUT2D eigenvalue weighted by atomic mass is 9.41. The van der Waals surface area contributed by atoms with E-state index in [1.807, 2.05) is 0 Å². The van der Waals surface area contributed by atoms with E-state index in [-0.39, 0.29) is 10.8 Å². The Hall–Kier alpha value is -1.45. The number of hydrogen-bond donors (Lipinski definition) is 2. The van der Waals surface area contributed by atoms with Gasteiger partial charge in [0.15, 0.2) is 0 Å². The summed E-state index contributed by atoms with van der Waals surface area (Å²) in [5.74, 6) is 1.05. The van der Waals surface area contributed by atoms with Gasteiger partial charge < -0.3 is 15.7 Å². The summed E-state index contributed by atoms with van der Waals surface area (Å²) < 4.78 is 0. The van der Waals surface area contributed by atoms with Crippen molar-refractivity contribution in [2.75, 3.05) is 13.2 Å². The molecule has 4 aliphatic carbocycles. The highest BCUT2D eigenvalue weighted by Gasteiger charge is 2.67. The summed E-state index contributed by atoms with van der Waals surface area (Å²) in [5.41, 5.74) is 4.68. The molecule has 0 aliphatic heterocycles. The first-order valence-electron chi connectivity index (χ1n) is 10.8. The molecule has 4 rings (SSSR count). The van der Waals surface area contributed by atoms with Gasteiger partial charge in [-0.15, -0.1) is 0 Å². The molecular weight excluding hydrogens is 354 g/mol. The van der Waals surface area contributed by atoms with Crippen LogP contribution < -0.4 is 5.73 Å². The molecule has 0 amide bonds. The SMILES string of the molecule is C[C@]12CC[C@H]3[C@@H](C[C@@H](C#N)[C@@]4(O)CC(=NOCCN)CC[C@]34C)[C@@H]1CCC2=O. The third-order valence-electron chi connectivity index (χ3n) is 9.00. The second-order valence-electron chi connectivity index (χ2n) is 10.0. The number of hydrogen-bond acceptors (Lipinski definition) is 6. The summed E-state index contributed by atoms with van der Waals surface area (Å²) in [5, 5.41) is 26.1. The van der Waals surface area contributed by atoms with Crippen LogP contribution in [-0.4, -0.2) is 35.4 Å². The number of nitriles is 1. The van der Waals surface area contributed by atoms with Gasteiger partial charge >= 0.3 is 0 Å². The predicted molar refractivity (Wildman–Crippen MR) is 105 cm³/mol. The number of carbonyl (C=O) groups is 1. The minimum Gasteiger partial charge on any atom is -0.395 e. The van der Waals surface area contributed by atoms with E-state index >= 15 is 0 Å². The van der Waals surface area contributed by atoms with Gasteiger partial charge in [0.2, 0.25) is 0 Å². The van der Waals surface area contributed by atoms with Crippen LogP contribution in [0.2, 0.25) is 0 Å². The fourth-order valence-corrected chi connectivity index (χ4v) is 7.32. The summed E-state index contributed by atoms with van der Waals surface area (Å²) in [6.07, 6.45) is 6.20. The Bertz CT molecular complexity index is 731. The van der Waals surface area contributed by atoms with Crippen LogP contribution in [0.1, 0.15) is 65.2 Å². The number of ketones is 1. The topological polar surface area (TPSA) is 109 Å². The van der Waals surface area contributed by atoms with Crippen molar-refractivity contribution in [2.24, 2.45) is 45.4 Å². The molecule has 154 valence electrons. The molecule has 0 aromatic carbocycles. The van der Waals surface area contributed by atoms with E-state index in [0.717, 1.165) is 37.8 Å². The van der Waals surface area contributed by atoms with Gasteiger partial charge in [-0.2, -0.15) is 5.26 Å². The molecule has 7 atom stereocenters. The molecule has 6 nitrogen and oxygen atoms in total. The Morgan fingerprint density at radius 2 is 2.07 bits per heavy atom. The van der Waals surface area contributed by atoms with Crippen LogP contribution in [0.25, 0.3) is 0 Å². The van der Waals surface area contributed by atoms with Crippen LogP contribution in [-0.2, 0) is 9.63 Å². The predicted octanol–water partition coefficient (Wildman–Crippen LogP) is 2.79. The average molecular weight is 388 g/mol. The molecule has 4 aliphatic rings. The first-order valence-corrected chi connectivity index (χ1v) is 10.8. The maximum absolute atomic E-state index is 12.6. The Balaban J connectivity index is 1.66. The molecule has 0 radical (unpaired) electrons. The number of nitrogens with two attached hydrogens (primary N) is 1. The molecule has 0 spiro atoms. The maximum Gasteiger partial charge on any atom is 0.139 e. The standard InChI is InChI=1S/C22H33N3O3/c1-20-7-6-18-16(17(20)3-4-19(20)26)11-14(13-24)22(27)12-15(25-28-10-9-23)5-8-21(18,22)2/h14,16-18,27H,3-12,23H2,1-2H3/t14-,16-,17-,18-,20-,21+,22-/m0/s1. The first kappa shape index (κ1) is 19.8. The second kappa shape index (κ2) is 6.81. The van der Waals surface area contributed by atoms with E-state index in [1.54, 1.807) is 0 Å². The Morgan fingerprint density at radius 3 is 2.79 bits per heavy atom. The second-order valence-corrected chi connectivity index (χ2v) is 10.0. The molecule has 4 fully saturated rings. The van der Waals surface area contributed by atoms with Crippen molar-refractivity contribution in [3.8, 4) is 6.07 Å². The summed E-state index contributed by atoms with van der Waals surface area (Å²) in [6, 6.07) is 2.44. The molecule has 3 N–H and O–H groups in total. The zero-order valence-corrected chi connectivity index (χ0v) is 17.1. The number of aliphatic hydroxyl groups is 1. The van der Waals surface area contributed by atoms with Gasteiger partial charge in [0.1, 0.15) is 12.4 Å². The van der Waals surface area contributed by atoms with E-state index < -0.39 is 11.5 Å². The third kappa shape index (κ3) is 2.59. The zero-order valence-electron chi connectivity index (χ0n) is 17.1. The molecule has 0 unspecified atom stereocenters. The lowest BCUT2D eigenvalue weighted by Gasteiger charge is -2.64. The minimum absolute atomic E-state index is 0.218. The van der Waals surface area contributed by atoms with Crippen molar-refractivity contribution in [3.63, 3.8) is 0 Å². The van der Waals surface area contributed by atoms with Crippen LogP contribution in [0.3, 0.4) is 0 Å². The van der Waals surface area contributed by atoms with Gasteiger partial charge in [0.25, 0.3) is 0 Å². The number of fused-ring (bicyclic) bond motifs is 5. The quantitative estimate of drug-likeness (QED) is 0.572. The molecule has 28 heavy (non-hydrogen) atoms. The van der Waals surface area contributed by atoms with Crippen molar-refractivity contribution >= 4 is 11.5 Å². The van der Waals surface area contributed by atoms with Gasteiger partial charge in [-0.05, 0) is 56.3 Å². The fraction of sp³-hybridized carbons (Fsp3) is 0.864. The van der Waals surface area contributed by atoms with Crippen LogP contribution in [0, 0.1) is 45.8 Å². The number of nitrogens with zero attached hydrogens (tertiary/aromatic N) is 2. The molecular formula is C22H33N3O3. The molecule has 4 saturated carbocycles. The number of carbonyl (C=O) groups excluding carboxylic acids is 1. The highest BCUT2D eigenvalue weighted by Crippen LogP contribution is 2.67. The van der Waals surface area contributed by atoms with E-state index in [9.17, 15) is 15.2 Å². The Morgan fingerprint density at radius 1 is 1.29 bits per heavy atom. The highest BCUT2D eigenvalue weighted by molar-refractivity contribution is 5.87. The Kier molecular flexibility index (Phi) is 4.83. The largest absolute Gasteiger partial charge is 0.395 e. The molecule has 0 saturated heterocycles. The average Bonchev–Trinajstić information content (AvgIpc) is 2.97. The van der Waals surface area contributed by atoms with Gasteiger partial charge in [-0.1, -0.05) is 19.0 Å². The van der Waals surface area contributed by atoms with Gasteiger partial charge in [-0.25, -0.2) is 0 Å². The lowest BCUT2D eigenvalue weighted by Crippen LogP contribution is -2.66. The molecule has 6 heteroatoms. The smallest absolute Gasteiger partial charge is 0.139 e. The number of rotatable bonds is 3. The Labute approximate surface area is 167 Å². The van der Waals surface area contributed by atoms with Crippen LogP contribution in [0.4, 0.5) is 0 Å². The van der Waals surface area contributed by atoms with Crippen molar-refractivity contribution in [1.82, 2.24) is 0 Å². The summed E-state index contributed by atoms with van der Waals surface area (Å²) in [7, 11) is 0. The van der Waals surface area contributed by atoms with Gasteiger partial charge in [0.05, 0.1) is 23.3 Å². The van der Waals surface area contributed by atoms with E-state index in [1.165, 1.54) is 0 Å². The van der Waals surface area contributed by atoms with Crippen molar-refractivity contribution < 1.29 is 14.7 Å². The van der Waals surface area contributed by atoms with Gasteiger partial charge in [-0.3, -0.25) is 4.79 Å². The zero-order chi connectivity index (χ0) is 20.2. The summed E-state index contributed by atoms with van der Waals surface area (Å²) in [4.78, 5) is 17.9. The van der Waals surface area contributed by atoms with Crippen LogP contribution in [0.5, 0.6) is 0 Å². The van der Waals surface area contributed by atoms with E-state index in [0.29, 0.717) is 56.0 Å². The van der Waals surface area contributed by atoms with E-state index in [2.05, 4.69) is 25.1 Å². The van der Waals surface area contributed by atoms with Crippen molar-refractivity contribution in [3.05, 3.63) is 0 Å². The van der Waals surface area contributed by atoms with Crippen molar-refractivity contribution in [2.45, 2.75) is 70.8 Å². The van der Waals surface area contributed by atoms with Crippen LogP contribution >= 0.6 is 0 Å². The first-order chi connectivity index (χ1) is 13.3. The third-order valence-corrected chi connectivity index (χ3v) is 9.00. The molecule has 0 aromatic rings. The number of oxime groups is 1. The van der Waals surface area contributed by atoms with Crippen LogP contribution in [0.15, 0.2) is 5.16 Å². The summed E-state index contributed by atoms with van der Waals surface area (Å²) in [6.45, 7) is 5.10. The normalized spacial score (nSPS) is 49.1. The lowest BCUT2D eigenvalue weighted by molar-refractivity contribution is -0.206. The molecule has 0 heterocycles. The minimum atomic E-state index is -1.08. The molecule has 0 aromatic heterocycles. The van der Waals surface area contributed by atoms with Gasteiger partial charge in [0, 0.05) is 30.2 Å². The fourth-order valence-electron chi connectivity index (χ4n) is 7.32. The number of Topliss-reactive ketones (excluding diaryl/α,β-unsaturated/α-hetero) is 1. The molecule has 0 bridgehead atoms. The van der Waals surface area contributed by atoms with Crippen molar-refractivity contribution in [1.29, 1.82) is 5.26 Å².